The van der Waals surface area contributed by atoms with Gasteiger partial charge in [0.25, 0.3) is 0 Å². The van der Waals surface area contributed by atoms with Crippen molar-refractivity contribution in [2.75, 3.05) is 6.61 Å². The van der Waals surface area contributed by atoms with E-state index in [1.54, 1.807) is 13.0 Å². The van der Waals surface area contributed by atoms with Crippen molar-refractivity contribution in [3.05, 3.63) is 60.2 Å². The number of carbonyl (C=O) groups is 1. The summed E-state index contributed by atoms with van der Waals surface area (Å²) in [6.07, 6.45) is 2.96. The molecule has 0 unspecified atom stereocenters. The minimum atomic E-state index is -0.453. The Hall–Kier alpha value is -1.91. The molecule has 4 nitrogen and oxygen atoms in total. The highest BCUT2D eigenvalue weighted by molar-refractivity contribution is 5.89. The number of carbonyl (C=O) groups excluding carboxylic acids is 1. The quantitative estimate of drug-likeness (QED) is 0.460. The Morgan fingerprint density at radius 2 is 2.00 bits per heavy atom. The molecule has 0 bridgehead atoms. The van der Waals surface area contributed by atoms with Gasteiger partial charge in [-0.3, -0.25) is 0 Å². The lowest BCUT2D eigenvalue weighted by molar-refractivity contribution is -0.141. The summed E-state index contributed by atoms with van der Waals surface area (Å²) in [6, 6.07) is 9.97. The monoisotopic (exact) mass is 302 g/mol. The number of hydrogen-bond donors (Lipinski definition) is 0. The van der Waals surface area contributed by atoms with E-state index in [0.717, 1.165) is 5.56 Å². The molecule has 1 aliphatic heterocycles. The van der Waals surface area contributed by atoms with E-state index in [0.29, 0.717) is 18.8 Å². The van der Waals surface area contributed by atoms with Gasteiger partial charge in [-0.05, 0) is 19.4 Å². The van der Waals surface area contributed by atoms with E-state index in [2.05, 4.69) is 6.58 Å². The van der Waals surface area contributed by atoms with Crippen LogP contribution in [0, 0.1) is 0 Å². The number of rotatable bonds is 6. The zero-order valence-corrected chi connectivity index (χ0v) is 13.0. The first kappa shape index (κ1) is 16.5. The summed E-state index contributed by atoms with van der Waals surface area (Å²) in [4.78, 5) is 11.7. The first-order valence-corrected chi connectivity index (χ1v) is 7.47. The number of hydrogen-bond acceptors (Lipinski definition) is 4. The maximum atomic E-state index is 11.7. The Bertz CT molecular complexity index is 535. The topological polar surface area (TPSA) is 44.8 Å². The molecule has 1 aromatic rings. The fourth-order valence-electron chi connectivity index (χ4n) is 2.22. The predicted molar refractivity (Wildman–Crippen MR) is 84.3 cm³/mol. The van der Waals surface area contributed by atoms with Crippen LogP contribution >= 0.6 is 0 Å². The summed E-state index contributed by atoms with van der Waals surface area (Å²) in [5.41, 5.74) is 1.42. The van der Waals surface area contributed by atoms with Crippen LogP contribution in [0.3, 0.4) is 0 Å². The predicted octanol–water partition coefficient (Wildman–Crippen LogP) is 3.03. The van der Waals surface area contributed by atoms with Gasteiger partial charge in [-0.2, -0.15) is 0 Å². The van der Waals surface area contributed by atoms with Gasteiger partial charge in [-0.1, -0.05) is 49.1 Å². The third-order valence-electron chi connectivity index (χ3n) is 3.47. The Morgan fingerprint density at radius 1 is 1.27 bits per heavy atom. The van der Waals surface area contributed by atoms with Gasteiger partial charge in [-0.25, -0.2) is 4.79 Å². The van der Waals surface area contributed by atoms with Crippen LogP contribution in [0.4, 0.5) is 0 Å². The molecule has 2 rings (SSSR count). The Kier molecular flexibility index (Phi) is 5.92. The summed E-state index contributed by atoms with van der Waals surface area (Å²) in [5, 5.41) is 0. The van der Waals surface area contributed by atoms with Crippen LogP contribution in [0.5, 0.6) is 0 Å². The van der Waals surface area contributed by atoms with Gasteiger partial charge in [0.1, 0.15) is 12.2 Å². The van der Waals surface area contributed by atoms with Crippen molar-refractivity contribution in [3.63, 3.8) is 0 Å². The lowest BCUT2D eigenvalue weighted by atomic mass is 10.0. The number of benzene rings is 1. The summed E-state index contributed by atoms with van der Waals surface area (Å²) >= 11 is 0. The van der Waals surface area contributed by atoms with E-state index in [9.17, 15) is 4.79 Å². The van der Waals surface area contributed by atoms with Gasteiger partial charge in [0, 0.05) is 0 Å². The standard InChI is InChI=1S/C18H22O4/c1-4-20-18(19)13(2)16-10-11-17(14(3)22-16)21-12-15-8-6-5-7-9-15/h5-11,14,16-17H,2,4,12H2,1,3H3/t14-,16-,17+/m0/s1. The highest BCUT2D eigenvalue weighted by Gasteiger charge is 2.28. The molecule has 22 heavy (non-hydrogen) atoms. The molecule has 118 valence electrons. The SMILES string of the molecule is C=C(C(=O)OCC)[C@@H]1C=C[C@@H](OCc2ccccc2)[C@H](C)O1. The third kappa shape index (κ3) is 4.29. The maximum absolute atomic E-state index is 11.7. The first-order chi connectivity index (χ1) is 10.6. The van der Waals surface area contributed by atoms with Gasteiger partial charge in [-0.15, -0.1) is 0 Å². The first-order valence-electron chi connectivity index (χ1n) is 7.47. The summed E-state index contributed by atoms with van der Waals surface area (Å²) in [7, 11) is 0. The van der Waals surface area contributed by atoms with Crippen molar-refractivity contribution in [1.29, 1.82) is 0 Å². The second-order valence-corrected chi connectivity index (χ2v) is 5.15. The van der Waals surface area contributed by atoms with Crippen molar-refractivity contribution >= 4 is 5.97 Å². The van der Waals surface area contributed by atoms with Crippen molar-refractivity contribution < 1.29 is 19.0 Å². The van der Waals surface area contributed by atoms with Crippen molar-refractivity contribution in [1.82, 2.24) is 0 Å². The molecule has 1 aliphatic rings. The average Bonchev–Trinajstić information content (AvgIpc) is 2.54. The van der Waals surface area contributed by atoms with Gasteiger partial charge in [0.05, 0.1) is 24.9 Å². The molecule has 0 saturated carbocycles. The third-order valence-corrected chi connectivity index (χ3v) is 3.47. The molecule has 0 fully saturated rings. The summed E-state index contributed by atoms with van der Waals surface area (Å²) in [5.74, 6) is -0.423. The van der Waals surface area contributed by atoms with Crippen LogP contribution in [0.2, 0.25) is 0 Å². The maximum Gasteiger partial charge on any atom is 0.336 e. The van der Waals surface area contributed by atoms with Gasteiger partial charge in [0.15, 0.2) is 0 Å². The van der Waals surface area contributed by atoms with Crippen molar-refractivity contribution in [2.24, 2.45) is 0 Å². The lowest BCUT2D eigenvalue weighted by Crippen LogP contribution is -2.36. The van der Waals surface area contributed by atoms with Crippen molar-refractivity contribution in [2.45, 2.75) is 38.8 Å². The molecular formula is C18H22O4. The van der Waals surface area contributed by atoms with E-state index >= 15 is 0 Å². The van der Waals surface area contributed by atoms with Gasteiger partial charge >= 0.3 is 5.97 Å². The molecule has 0 aliphatic carbocycles. The molecule has 0 amide bonds. The Balaban J connectivity index is 1.90. The van der Waals surface area contributed by atoms with Crippen LogP contribution in [0.25, 0.3) is 0 Å². The lowest BCUT2D eigenvalue weighted by Gasteiger charge is -2.30. The largest absolute Gasteiger partial charge is 0.463 e. The second kappa shape index (κ2) is 7.92. The Morgan fingerprint density at radius 3 is 2.64 bits per heavy atom. The van der Waals surface area contributed by atoms with Crippen LogP contribution in [0.1, 0.15) is 19.4 Å². The minimum Gasteiger partial charge on any atom is -0.463 e. The second-order valence-electron chi connectivity index (χ2n) is 5.15. The fraction of sp³-hybridized carbons (Fsp3) is 0.389. The zero-order valence-electron chi connectivity index (χ0n) is 13.0. The summed E-state index contributed by atoms with van der Waals surface area (Å²) in [6.45, 7) is 8.29. The van der Waals surface area contributed by atoms with Gasteiger partial charge < -0.3 is 14.2 Å². The van der Waals surface area contributed by atoms with Gasteiger partial charge in [0.2, 0.25) is 0 Å². The number of esters is 1. The highest BCUT2D eigenvalue weighted by Crippen LogP contribution is 2.21. The van der Waals surface area contributed by atoms with Crippen LogP contribution in [-0.4, -0.2) is 30.9 Å². The van der Waals surface area contributed by atoms with E-state index < -0.39 is 12.1 Å². The molecule has 0 radical (unpaired) electrons. The van der Waals surface area contributed by atoms with E-state index in [-0.39, 0.29) is 12.2 Å². The minimum absolute atomic E-state index is 0.147. The smallest absolute Gasteiger partial charge is 0.336 e. The van der Waals surface area contributed by atoms with Crippen LogP contribution < -0.4 is 0 Å². The van der Waals surface area contributed by atoms with Crippen molar-refractivity contribution in [3.8, 4) is 0 Å². The molecule has 0 saturated heterocycles. The number of ether oxygens (including phenoxy) is 3. The molecule has 0 aromatic heterocycles. The Labute approximate surface area is 131 Å². The van der Waals surface area contributed by atoms with E-state index in [4.69, 9.17) is 14.2 Å². The van der Waals surface area contributed by atoms with E-state index in [1.165, 1.54) is 0 Å². The molecule has 0 N–H and O–H groups in total. The molecule has 0 spiro atoms. The molecule has 4 heteroatoms. The highest BCUT2D eigenvalue weighted by atomic mass is 16.6. The zero-order chi connectivity index (χ0) is 15.9. The fourth-order valence-corrected chi connectivity index (χ4v) is 2.22. The molecule has 3 atom stereocenters. The van der Waals surface area contributed by atoms with E-state index in [1.807, 2.05) is 43.3 Å². The molecule has 1 aromatic carbocycles. The van der Waals surface area contributed by atoms with Crippen LogP contribution in [-0.2, 0) is 25.6 Å². The summed E-state index contributed by atoms with van der Waals surface area (Å²) < 4.78 is 16.6. The average molecular weight is 302 g/mol. The normalized spacial score (nSPS) is 24.0. The molecule has 1 heterocycles. The molecular weight excluding hydrogens is 280 g/mol. The van der Waals surface area contributed by atoms with Crippen LogP contribution in [0.15, 0.2) is 54.6 Å².